The van der Waals surface area contributed by atoms with Crippen molar-refractivity contribution in [3.05, 3.63) is 24.3 Å². The molecule has 0 bridgehead atoms. The van der Waals surface area contributed by atoms with Gasteiger partial charge in [-0.2, -0.15) is 0 Å². The number of carbonyl (C=O) groups is 3. The maximum atomic E-state index is 13.2. The molecular weight excluding hydrogens is 400 g/mol. The summed E-state index contributed by atoms with van der Waals surface area (Å²) in [6.45, 7) is 3.79. The first kappa shape index (κ1) is 24.5. The molecule has 2 rings (SSSR count). The molecule has 1 aliphatic rings. The van der Waals surface area contributed by atoms with Crippen LogP contribution in [-0.4, -0.2) is 54.2 Å². The molecule has 1 aromatic rings. The highest BCUT2D eigenvalue weighted by atomic mass is 16.5. The minimum atomic E-state index is -0.829. The Labute approximate surface area is 183 Å². The quantitative estimate of drug-likeness (QED) is 0.333. The molecule has 9 heteroatoms. The Morgan fingerprint density at radius 1 is 1.19 bits per heavy atom. The molecule has 4 N–H and O–H groups in total. The number of ether oxygens (including phenoxy) is 1. The standard InChI is InChI=1S/C22H34N4O5/c1-15(2)20(24-22(29)23-17-10-6-7-11-18(17)31-3)21(28)26(14-19(27)25-30)13-12-16-8-4-5-9-16/h6-7,10-11,15-16,20,30H,4-5,8-9,12-14H2,1-3H3,(H,25,27)(H2,23,24,29)/t20-/m0/s1. The van der Waals surface area contributed by atoms with E-state index >= 15 is 0 Å². The fraction of sp³-hybridized carbons (Fsp3) is 0.591. The highest BCUT2D eigenvalue weighted by Crippen LogP contribution is 2.28. The molecule has 0 aliphatic heterocycles. The lowest BCUT2D eigenvalue weighted by atomic mass is 10.0. The molecule has 0 spiro atoms. The van der Waals surface area contributed by atoms with Crippen molar-refractivity contribution in [3.63, 3.8) is 0 Å². The Morgan fingerprint density at radius 3 is 2.48 bits per heavy atom. The molecule has 1 aliphatic carbocycles. The molecule has 1 saturated carbocycles. The number of rotatable bonds is 10. The molecule has 0 heterocycles. The van der Waals surface area contributed by atoms with E-state index in [0.717, 1.165) is 19.3 Å². The van der Waals surface area contributed by atoms with Crippen molar-refractivity contribution < 1.29 is 24.3 Å². The van der Waals surface area contributed by atoms with E-state index in [1.807, 2.05) is 13.8 Å². The third-order valence-electron chi connectivity index (χ3n) is 5.63. The highest BCUT2D eigenvalue weighted by molar-refractivity contribution is 5.95. The molecule has 1 aromatic carbocycles. The van der Waals surface area contributed by atoms with Crippen molar-refractivity contribution in [2.45, 2.75) is 52.0 Å². The lowest BCUT2D eigenvalue weighted by Crippen LogP contribution is -2.54. The molecule has 1 fully saturated rings. The average Bonchev–Trinajstić information content (AvgIpc) is 3.28. The van der Waals surface area contributed by atoms with Crippen molar-refractivity contribution >= 4 is 23.5 Å². The Hall–Kier alpha value is -2.81. The number of hydrogen-bond acceptors (Lipinski definition) is 5. The number of amides is 4. The van der Waals surface area contributed by atoms with Crippen LogP contribution in [0.25, 0.3) is 0 Å². The van der Waals surface area contributed by atoms with Crippen LogP contribution < -0.4 is 20.9 Å². The molecule has 0 radical (unpaired) electrons. The van der Waals surface area contributed by atoms with Crippen molar-refractivity contribution in [1.29, 1.82) is 0 Å². The lowest BCUT2D eigenvalue weighted by Gasteiger charge is -2.30. The van der Waals surface area contributed by atoms with Crippen LogP contribution in [0.2, 0.25) is 0 Å². The monoisotopic (exact) mass is 434 g/mol. The Balaban J connectivity index is 2.07. The molecule has 31 heavy (non-hydrogen) atoms. The van der Waals surface area contributed by atoms with E-state index in [4.69, 9.17) is 9.94 Å². The normalized spacial score (nSPS) is 14.7. The van der Waals surface area contributed by atoms with Gasteiger partial charge in [-0.05, 0) is 30.4 Å². The fourth-order valence-electron chi connectivity index (χ4n) is 3.87. The first-order chi connectivity index (χ1) is 14.8. The number of benzene rings is 1. The highest BCUT2D eigenvalue weighted by Gasteiger charge is 2.30. The van der Waals surface area contributed by atoms with Gasteiger partial charge in [-0.15, -0.1) is 0 Å². The Kier molecular flexibility index (Phi) is 9.58. The van der Waals surface area contributed by atoms with Crippen molar-refractivity contribution in [1.82, 2.24) is 15.7 Å². The van der Waals surface area contributed by atoms with Crippen LogP contribution in [0.15, 0.2) is 24.3 Å². The number of hydroxylamine groups is 1. The second kappa shape index (κ2) is 12.1. The van der Waals surface area contributed by atoms with Gasteiger partial charge in [-0.25, -0.2) is 10.3 Å². The van der Waals surface area contributed by atoms with Gasteiger partial charge in [-0.1, -0.05) is 51.7 Å². The zero-order valence-electron chi connectivity index (χ0n) is 18.5. The van der Waals surface area contributed by atoms with Gasteiger partial charge in [0, 0.05) is 6.54 Å². The second-order valence-corrected chi connectivity index (χ2v) is 8.25. The number of hydrogen-bond donors (Lipinski definition) is 4. The molecule has 0 unspecified atom stereocenters. The van der Waals surface area contributed by atoms with Gasteiger partial charge in [0.05, 0.1) is 12.8 Å². The van der Waals surface area contributed by atoms with Gasteiger partial charge >= 0.3 is 6.03 Å². The first-order valence-corrected chi connectivity index (χ1v) is 10.8. The molecule has 9 nitrogen and oxygen atoms in total. The minimum Gasteiger partial charge on any atom is -0.495 e. The summed E-state index contributed by atoms with van der Waals surface area (Å²) in [6.07, 6.45) is 5.43. The summed E-state index contributed by atoms with van der Waals surface area (Å²) in [5.41, 5.74) is 2.07. The van der Waals surface area contributed by atoms with Crippen LogP contribution in [0.4, 0.5) is 10.5 Å². The van der Waals surface area contributed by atoms with Gasteiger partial charge in [0.15, 0.2) is 0 Å². The minimum absolute atomic E-state index is 0.206. The fourth-order valence-corrected chi connectivity index (χ4v) is 3.87. The summed E-state index contributed by atoms with van der Waals surface area (Å²) >= 11 is 0. The van der Waals surface area contributed by atoms with Gasteiger partial charge in [0.1, 0.15) is 18.3 Å². The summed E-state index contributed by atoms with van der Waals surface area (Å²) in [5.74, 6) is -0.190. The van der Waals surface area contributed by atoms with Gasteiger partial charge in [0.2, 0.25) is 5.91 Å². The van der Waals surface area contributed by atoms with E-state index in [1.54, 1.807) is 29.7 Å². The lowest BCUT2D eigenvalue weighted by molar-refractivity contribution is -0.141. The third kappa shape index (κ3) is 7.43. The molecule has 172 valence electrons. The van der Waals surface area contributed by atoms with E-state index in [0.29, 0.717) is 23.9 Å². The van der Waals surface area contributed by atoms with Gasteiger partial charge in [-0.3, -0.25) is 14.8 Å². The Morgan fingerprint density at radius 2 is 1.87 bits per heavy atom. The maximum Gasteiger partial charge on any atom is 0.320 e. The van der Waals surface area contributed by atoms with Gasteiger partial charge < -0.3 is 20.3 Å². The van der Waals surface area contributed by atoms with Crippen LogP contribution in [0.5, 0.6) is 5.75 Å². The SMILES string of the molecule is COc1ccccc1NC(=O)N[C@H](C(=O)N(CCC1CCCC1)CC(=O)NO)C(C)C. The van der Waals surface area contributed by atoms with Crippen molar-refractivity contribution in [3.8, 4) is 5.75 Å². The zero-order chi connectivity index (χ0) is 22.8. The first-order valence-electron chi connectivity index (χ1n) is 10.8. The molecule has 1 atom stereocenters. The topological polar surface area (TPSA) is 120 Å². The van der Waals surface area contributed by atoms with Crippen LogP contribution in [0, 0.1) is 11.8 Å². The third-order valence-corrected chi connectivity index (χ3v) is 5.63. The maximum absolute atomic E-state index is 13.2. The van der Waals surface area contributed by atoms with E-state index < -0.39 is 18.0 Å². The van der Waals surface area contributed by atoms with Crippen molar-refractivity contribution in [2.24, 2.45) is 11.8 Å². The molecule has 4 amide bonds. The average molecular weight is 435 g/mol. The summed E-state index contributed by atoms with van der Waals surface area (Å²) in [6, 6.07) is 5.60. The molecule has 0 saturated heterocycles. The second-order valence-electron chi connectivity index (χ2n) is 8.25. The molecular formula is C22H34N4O5. The number of nitrogens with zero attached hydrogens (tertiary/aromatic N) is 1. The predicted octanol–water partition coefficient (Wildman–Crippen LogP) is 2.76. The number of nitrogens with one attached hydrogen (secondary N) is 3. The van der Waals surface area contributed by atoms with Crippen LogP contribution in [0.1, 0.15) is 46.0 Å². The van der Waals surface area contributed by atoms with Gasteiger partial charge in [0.25, 0.3) is 5.91 Å². The van der Waals surface area contributed by atoms with Crippen LogP contribution in [0.3, 0.4) is 0 Å². The summed E-state index contributed by atoms with van der Waals surface area (Å²) in [7, 11) is 1.51. The van der Waals surface area contributed by atoms with E-state index in [9.17, 15) is 14.4 Å². The summed E-state index contributed by atoms with van der Waals surface area (Å²) in [4.78, 5) is 39.0. The number of methoxy groups -OCH3 is 1. The predicted molar refractivity (Wildman–Crippen MR) is 117 cm³/mol. The van der Waals surface area contributed by atoms with Crippen molar-refractivity contribution in [2.75, 3.05) is 25.5 Å². The summed E-state index contributed by atoms with van der Waals surface area (Å²) in [5, 5.41) is 14.4. The zero-order valence-corrected chi connectivity index (χ0v) is 18.5. The molecule has 0 aromatic heterocycles. The summed E-state index contributed by atoms with van der Waals surface area (Å²) < 4.78 is 5.24. The number of para-hydroxylation sites is 2. The number of carbonyl (C=O) groups excluding carboxylic acids is 3. The van der Waals surface area contributed by atoms with E-state index in [1.165, 1.54) is 24.9 Å². The smallest absolute Gasteiger partial charge is 0.320 e. The Bertz CT molecular complexity index is 749. The van der Waals surface area contributed by atoms with E-state index in [-0.39, 0.29) is 18.4 Å². The largest absolute Gasteiger partial charge is 0.495 e. The van der Waals surface area contributed by atoms with Crippen LogP contribution in [-0.2, 0) is 9.59 Å². The van der Waals surface area contributed by atoms with Crippen LogP contribution >= 0.6 is 0 Å². The number of anilines is 1. The van der Waals surface area contributed by atoms with E-state index in [2.05, 4.69) is 10.6 Å². The number of urea groups is 1.